The van der Waals surface area contributed by atoms with E-state index in [1.54, 1.807) is 0 Å². The third-order valence-electron chi connectivity index (χ3n) is 3.37. The minimum absolute atomic E-state index is 0.922. The molecule has 0 aliphatic heterocycles. The van der Waals surface area contributed by atoms with Crippen LogP contribution >= 0.6 is 0 Å². The quantitative estimate of drug-likeness (QED) is 0.547. The maximum Gasteiger partial charge on any atom is 0.126 e. The average Bonchev–Trinajstić information content (AvgIpc) is 2.54. The van der Waals surface area contributed by atoms with Crippen LogP contribution in [-0.4, -0.2) is 0 Å². The summed E-state index contributed by atoms with van der Waals surface area (Å²) in [6.45, 7) is 4.37. The predicted octanol–water partition coefficient (Wildman–Crippen LogP) is 6.22. The molecule has 2 rings (SSSR count). The molecule has 0 fully saturated rings. The van der Waals surface area contributed by atoms with Crippen LogP contribution in [0.4, 0.5) is 0 Å². The lowest BCUT2D eigenvalue weighted by atomic mass is 10.1. The Labute approximate surface area is 128 Å². The van der Waals surface area contributed by atoms with Gasteiger partial charge >= 0.3 is 0 Å². The topological polar surface area (TPSA) is 9.23 Å². The molecule has 0 aliphatic rings. The molecular formula is C20H24O. The summed E-state index contributed by atoms with van der Waals surface area (Å²) >= 11 is 0. The van der Waals surface area contributed by atoms with Crippen LogP contribution in [0.15, 0.2) is 66.4 Å². The Balaban J connectivity index is 2.08. The highest BCUT2D eigenvalue weighted by molar-refractivity contribution is 5.63. The highest BCUT2D eigenvalue weighted by Gasteiger charge is 2.01. The maximum absolute atomic E-state index is 6.01. The number of rotatable bonds is 7. The monoisotopic (exact) mass is 280 g/mol. The first-order chi connectivity index (χ1) is 10.3. The summed E-state index contributed by atoms with van der Waals surface area (Å²) in [6.07, 6.45) is 6.56. The Bertz CT molecular complexity index is 552. The standard InChI is InChI=1S/C20H24O/c1-3-5-12-19(9-4-2)21-20-15-13-18(14-16-20)17-10-7-6-8-11-17/h6-8,10-16H,3-5,9H2,1-2H3/b19-12-. The van der Waals surface area contributed by atoms with Gasteiger partial charge in [-0.15, -0.1) is 0 Å². The molecule has 21 heavy (non-hydrogen) atoms. The first-order valence-electron chi connectivity index (χ1n) is 7.85. The van der Waals surface area contributed by atoms with E-state index in [0.29, 0.717) is 0 Å². The van der Waals surface area contributed by atoms with Gasteiger partial charge in [-0.25, -0.2) is 0 Å². The SMILES string of the molecule is CCC/C=C(/CCC)Oc1ccc(-c2ccccc2)cc1. The number of ether oxygens (including phenoxy) is 1. The molecule has 0 aromatic heterocycles. The van der Waals surface area contributed by atoms with E-state index in [1.807, 2.05) is 6.07 Å². The minimum Gasteiger partial charge on any atom is -0.462 e. The molecule has 0 unspecified atom stereocenters. The second-order valence-corrected chi connectivity index (χ2v) is 5.20. The van der Waals surface area contributed by atoms with E-state index < -0.39 is 0 Å². The van der Waals surface area contributed by atoms with Crippen molar-refractivity contribution in [2.75, 3.05) is 0 Å². The Morgan fingerprint density at radius 3 is 2.14 bits per heavy atom. The molecule has 2 aromatic rings. The third kappa shape index (κ3) is 4.78. The zero-order valence-corrected chi connectivity index (χ0v) is 13.0. The summed E-state index contributed by atoms with van der Waals surface area (Å²) in [7, 11) is 0. The molecule has 1 nitrogen and oxygen atoms in total. The van der Waals surface area contributed by atoms with Crippen molar-refractivity contribution in [1.29, 1.82) is 0 Å². The van der Waals surface area contributed by atoms with E-state index >= 15 is 0 Å². The van der Waals surface area contributed by atoms with Gasteiger partial charge in [-0.1, -0.05) is 62.7 Å². The number of benzene rings is 2. The van der Waals surface area contributed by atoms with Gasteiger partial charge in [-0.05, 0) is 42.2 Å². The van der Waals surface area contributed by atoms with Crippen LogP contribution < -0.4 is 4.74 Å². The van der Waals surface area contributed by atoms with E-state index in [4.69, 9.17) is 4.74 Å². The fraction of sp³-hybridized carbons (Fsp3) is 0.300. The first kappa shape index (κ1) is 15.4. The van der Waals surface area contributed by atoms with E-state index in [9.17, 15) is 0 Å². The highest BCUT2D eigenvalue weighted by atomic mass is 16.5. The summed E-state index contributed by atoms with van der Waals surface area (Å²) in [5.74, 6) is 2.01. The van der Waals surface area contributed by atoms with Crippen LogP contribution in [-0.2, 0) is 0 Å². The smallest absolute Gasteiger partial charge is 0.126 e. The first-order valence-corrected chi connectivity index (χ1v) is 7.85. The van der Waals surface area contributed by atoms with E-state index in [0.717, 1.165) is 37.2 Å². The summed E-state index contributed by atoms with van der Waals surface area (Å²) in [5.41, 5.74) is 2.46. The van der Waals surface area contributed by atoms with Crippen LogP contribution in [0.5, 0.6) is 5.75 Å². The van der Waals surface area contributed by atoms with Crippen LogP contribution in [0.2, 0.25) is 0 Å². The van der Waals surface area contributed by atoms with Gasteiger partial charge in [0.1, 0.15) is 11.5 Å². The van der Waals surface area contributed by atoms with E-state index in [-0.39, 0.29) is 0 Å². The molecule has 2 aromatic carbocycles. The zero-order chi connectivity index (χ0) is 14.9. The second kappa shape index (κ2) is 8.31. The fourth-order valence-electron chi connectivity index (χ4n) is 2.24. The molecule has 1 heteroatoms. The lowest BCUT2D eigenvalue weighted by Gasteiger charge is -2.10. The minimum atomic E-state index is 0.922. The summed E-state index contributed by atoms with van der Waals surface area (Å²) in [6, 6.07) is 18.8. The molecule has 0 amide bonds. The van der Waals surface area contributed by atoms with Crippen molar-refractivity contribution in [1.82, 2.24) is 0 Å². The van der Waals surface area contributed by atoms with Crippen molar-refractivity contribution in [2.45, 2.75) is 39.5 Å². The summed E-state index contributed by atoms with van der Waals surface area (Å²) in [4.78, 5) is 0. The van der Waals surface area contributed by atoms with Crippen LogP contribution in [0, 0.1) is 0 Å². The van der Waals surface area contributed by atoms with Gasteiger partial charge in [-0.2, -0.15) is 0 Å². The predicted molar refractivity (Wildman–Crippen MR) is 90.4 cm³/mol. The molecule has 0 radical (unpaired) electrons. The molecular weight excluding hydrogens is 256 g/mol. The summed E-state index contributed by atoms with van der Waals surface area (Å²) < 4.78 is 6.01. The maximum atomic E-state index is 6.01. The Morgan fingerprint density at radius 2 is 1.52 bits per heavy atom. The van der Waals surface area contributed by atoms with Gasteiger partial charge in [-0.3, -0.25) is 0 Å². The number of allylic oxidation sites excluding steroid dienone is 2. The van der Waals surface area contributed by atoms with Crippen molar-refractivity contribution >= 4 is 0 Å². The van der Waals surface area contributed by atoms with Crippen molar-refractivity contribution < 1.29 is 4.74 Å². The van der Waals surface area contributed by atoms with Crippen LogP contribution in [0.25, 0.3) is 11.1 Å². The molecule has 0 saturated carbocycles. The molecule has 110 valence electrons. The van der Waals surface area contributed by atoms with Crippen molar-refractivity contribution in [3.05, 3.63) is 66.4 Å². The molecule has 0 atom stereocenters. The van der Waals surface area contributed by atoms with Gasteiger partial charge in [0.2, 0.25) is 0 Å². The zero-order valence-electron chi connectivity index (χ0n) is 13.0. The lowest BCUT2D eigenvalue weighted by Crippen LogP contribution is -1.95. The number of hydrogen-bond donors (Lipinski definition) is 0. The van der Waals surface area contributed by atoms with Gasteiger partial charge in [0.15, 0.2) is 0 Å². The molecule has 0 heterocycles. The molecule has 0 spiro atoms. The van der Waals surface area contributed by atoms with E-state index in [1.165, 1.54) is 11.1 Å². The van der Waals surface area contributed by atoms with Gasteiger partial charge in [0.05, 0.1) is 0 Å². The van der Waals surface area contributed by atoms with Gasteiger partial charge in [0.25, 0.3) is 0 Å². The van der Waals surface area contributed by atoms with Crippen molar-refractivity contribution in [3.63, 3.8) is 0 Å². The van der Waals surface area contributed by atoms with Crippen molar-refractivity contribution in [2.24, 2.45) is 0 Å². The molecule has 0 saturated heterocycles. The molecule has 0 aliphatic carbocycles. The highest BCUT2D eigenvalue weighted by Crippen LogP contribution is 2.24. The Hall–Kier alpha value is -2.02. The third-order valence-corrected chi connectivity index (χ3v) is 3.37. The van der Waals surface area contributed by atoms with Gasteiger partial charge in [0, 0.05) is 6.42 Å². The van der Waals surface area contributed by atoms with Crippen LogP contribution in [0.3, 0.4) is 0 Å². The number of hydrogen-bond acceptors (Lipinski definition) is 1. The van der Waals surface area contributed by atoms with E-state index in [2.05, 4.69) is 68.5 Å². The molecule has 0 bridgehead atoms. The fourth-order valence-corrected chi connectivity index (χ4v) is 2.24. The van der Waals surface area contributed by atoms with Crippen LogP contribution in [0.1, 0.15) is 39.5 Å². The second-order valence-electron chi connectivity index (χ2n) is 5.20. The van der Waals surface area contributed by atoms with Gasteiger partial charge < -0.3 is 4.74 Å². The average molecular weight is 280 g/mol. The summed E-state index contributed by atoms with van der Waals surface area (Å²) in [5, 5.41) is 0. The normalized spacial score (nSPS) is 11.4. The number of unbranched alkanes of at least 4 members (excludes halogenated alkanes) is 1. The van der Waals surface area contributed by atoms with Crippen molar-refractivity contribution in [3.8, 4) is 16.9 Å². The molecule has 0 N–H and O–H groups in total. The lowest BCUT2D eigenvalue weighted by molar-refractivity contribution is 0.399. The Kier molecular flexibility index (Phi) is 6.08. The largest absolute Gasteiger partial charge is 0.462 e. The Morgan fingerprint density at radius 1 is 0.857 bits per heavy atom.